The number of fused-ring (bicyclic) bond motifs is 1. The highest BCUT2D eigenvalue weighted by Gasteiger charge is 2.25. The van der Waals surface area contributed by atoms with Crippen LogP contribution in [0.5, 0.6) is 0 Å². The Kier molecular flexibility index (Phi) is 4.23. The molecule has 1 aromatic carbocycles. The average molecular weight is 367 g/mol. The maximum atomic E-state index is 12.9. The number of hydrogen-bond donors (Lipinski definition) is 0. The van der Waals surface area contributed by atoms with Crippen LogP contribution in [0.3, 0.4) is 0 Å². The van der Waals surface area contributed by atoms with Crippen molar-refractivity contribution in [3.8, 4) is 6.07 Å². The zero-order chi connectivity index (χ0) is 18.1. The van der Waals surface area contributed by atoms with Crippen LogP contribution in [0, 0.1) is 11.3 Å². The normalized spacial score (nSPS) is 14.5. The van der Waals surface area contributed by atoms with Crippen LogP contribution in [-0.2, 0) is 0 Å². The van der Waals surface area contributed by atoms with E-state index in [1.54, 1.807) is 23.2 Å². The van der Waals surface area contributed by atoms with E-state index in [2.05, 4.69) is 16.0 Å². The Balaban J connectivity index is 1.50. The van der Waals surface area contributed by atoms with Gasteiger partial charge in [0.25, 0.3) is 5.91 Å². The van der Waals surface area contributed by atoms with Gasteiger partial charge in [-0.3, -0.25) is 9.78 Å². The van der Waals surface area contributed by atoms with Gasteiger partial charge in [0.05, 0.1) is 11.6 Å². The van der Waals surface area contributed by atoms with E-state index < -0.39 is 0 Å². The van der Waals surface area contributed by atoms with E-state index >= 15 is 0 Å². The summed E-state index contributed by atoms with van der Waals surface area (Å²) in [6, 6.07) is 11.3. The molecule has 0 unspecified atom stereocenters. The lowest BCUT2D eigenvalue weighted by molar-refractivity contribution is 0.0747. The van der Waals surface area contributed by atoms with Gasteiger partial charge in [0.15, 0.2) is 10.8 Å². The summed E-state index contributed by atoms with van der Waals surface area (Å²) in [5.41, 5.74) is 2.53. The summed E-state index contributed by atoms with van der Waals surface area (Å²) < 4.78 is 5.46. The molecule has 4 rings (SSSR count). The second kappa shape index (κ2) is 6.70. The van der Waals surface area contributed by atoms with Crippen molar-refractivity contribution >= 4 is 34.2 Å². The first-order chi connectivity index (χ1) is 12.7. The molecule has 3 heterocycles. The number of anilines is 1. The van der Waals surface area contributed by atoms with Crippen LogP contribution < -0.4 is 4.90 Å². The number of benzene rings is 1. The predicted octanol–water partition coefficient (Wildman–Crippen LogP) is 3.32. The number of furan rings is 1. The highest BCUT2D eigenvalue weighted by molar-refractivity contribution is 6.30. The van der Waals surface area contributed by atoms with E-state index in [-0.39, 0.29) is 11.1 Å². The topological polar surface area (TPSA) is 73.4 Å². The quantitative estimate of drug-likeness (QED) is 0.695. The largest absolute Gasteiger partial charge is 0.444 e. The lowest BCUT2D eigenvalue weighted by Gasteiger charge is -2.36. The first-order valence-electron chi connectivity index (χ1n) is 8.23. The SMILES string of the molecule is N#Cc1cccc(N2CCN(C(=O)c3cncc4cc(Cl)oc34)CC2)c1. The molecule has 0 N–H and O–H groups in total. The third kappa shape index (κ3) is 2.98. The molecule has 26 heavy (non-hydrogen) atoms. The number of hydrogen-bond acceptors (Lipinski definition) is 5. The molecule has 0 spiro atoms. The standard InChI is InChI=1S/C19H15ClN4O2/c20-17-9-14-11-22-12-16(18(14)26-17)19(25)24-6-4-23(5-7-24)15-3-1-2-13(8-15)10-21/h1-3,8-9,11-12H,4-7H2. The number of pyridine rings is 1. The Bertz CT molecular complexity index is 1020. The fourth-order valence-electron chi connectivity index (χ4n) is 3.19. The fourth-order valence-corrected chi connectivity index (χ4v) is 3.39. The summed E-state index contributed by atoms with van der Waals surface area (Å²) >= 11 is 5.91. The third-order valence-corrected chi connectivity index (χ3v) is 4.72. The summed E-state index contributed by atoms with van der Waals surface area (Å²) in [6.07, 6.45) is 3.15. The molecule has 130 valence electrons. The number of halogens is 1. The van der Waals surface area contributed by atoms with Gasteiger partial charge in [0.2, 0.25) is 0 Å². The fraction of sp³-hybridized carbons (Fsp3) is 0.211. The molecule has 1 fully saturated rings. The highest BCUT2D eigenvalue weighted by atomic mass is 35.5. The molecule has 1 amide bonds. The summed E-state index contributed by atoms with van der Waals surface area (Å²) in [5, 5.41) is 10.00. The maximum absolute atomic E-state index is 12.9. The number of piperazine rings is 1. The molecule has 3 aromatic rings. The van der Waals surface area contributed by atoms with Crippen molar-refractivity contribution in [1.82, 2.24) is 9.88 Å². The molecule has 1 saturated heterocycles. The van der Waals surface area contributed by atoms with E-state index in [0.29, 0.717) is 48.3 Å². The second-order valence-corrected chi connectivity index (χ2v) is 6.47. The van der Waals surface area contributed by atoms with Crippen LogP contribution in [0.2, 0.25) is 5.22 Å². The van der Waals surface area contributed by atoms with Gasteiger partial charge in [0, 0.05) is 55.7 Å². The molecule has 0 radical (unpaired) electrons. The van der Waals surface area contributed by atoms with E-state index in [0.717, 1.165) is 5.69 Å². The van der Waals surface area contributed by atoms with Gasteiger partial charge in [-0.2, -0.15) is 5.26 Å². The minimum absolute atomic E-state index is 0.112. The molecule has 7 heteroatoms. The Hall–Kier alpha value is -3.04. The van der Waals surface area contributed by atoms with E-state index in [1.807, 2.05) is 18.2 Å². The van der Waals surface area contributed by atoms with Crippen LogP contribution in [-0.4, -0.2) is 42.0 Å². The summed E-state index contributed by atoms with van der Waals surface area (Å²) in [5.74, 6) is -0.112. The van der Waals surface area contributed by atoms with Crippen molar-refractivity contribution in [2.75, 3.05) is 31.1 Å². The van der Waals surface area contributed by atoms with Crippen LogP contribution in [0.4, 0.5) is 5.69 Å². The number of nitrogens with zero attached hydrogens (tertiary/aromatic N) is 4. The van der Waals surface area contributed by atoms with Crippen LogP contribution in [0.25, 0.3) is 11.0 Å². The van der Waals surface area contributed by atoms with Crippen LogP contribution >= 0.6 is 11.6 Å². The number of amides is 1. The van der Waals surface area contributed by atoms with Crippen molar-refractivity contribution < 1.29 is 9.21 Å². The molecule has 1 aliphatic heterocycles. The molecule has 0 aliphatic carbocycles. The summed E-state index contributed by atoms with van der Waals surface area (Å²) in [6.45, 7) is 2.56. The molecule has 1 aliphatic rings. The molecule has 0 saturated carbocycles. The number of nitriles is 1. The first kappa shape index (κ1) is 16.4. The van der Waals surface area contributed by atoms with Crippen molar-refractivity contribution in [1.29, 1.82) is 5.26 Å². The van der Waals surface area contributed by atoms with E-state index in [9.17, 15) is 4.79 Å². The zero-order valence-electron chi connectivity index (χ0n) is 13.9. The van der Waals surface area contributed by atoms with Gasteiger partial charge >= 0.3 is 0 Å². The number of carbonyl (C=O) groups excluding carboxylic acids is 1. The minimum Gasteiger partial charge on any atom is -0.444 e. The van der Waals surface area contributed by atoms with Gasteiger partial charge in [-0.05, 0) is 29.8 Å². The Morgan fingerprint density at radius 3 is 2.77 bits per heavy atom. The molecule has 6 nitrogen and oxygen atoms in total. The predicted molar refractivity (Wildman–Crippen MR) is 98.3 cm³/mol. The number of carbonyl (C=O) groups is 1. The van der Waals surface area contributed by atoms with Gasteiger partial charge < -0.3 is 14.2 Å². The van der Waals surface area contributed by atoms with Gasteiger partial charge in [-0.15, -0.1) is 0 Å². The first-order valence-corrected chi connectivity index (χ1v) is 8.61. The molecule has 0 atom stereocenters. The number of aromatic nitrogens is 1. The van der Waals surface area contributed by atoms with Crippen molar-refractivity contribution in [3.63, 3.8) is 0 Å². The molecule has 2 aromatic heterocycles. The summed E-state index contributed by atoms with van der Waals surface area (Å²) in [7, 11) is 0. The Morgan fingerprint density at radius 1 is 1.19 bits per heavy atom. The highest BCUT2D eigenvalue weighted by Crippen LogP contribution is 2.26. The minimum atomic E-state index is -0.112. The van der Waals surface area contributed by atoms with Crippen molar-refractivity contribution in [3.05, 3.63) is 59.1 Å². The molecule has 0 bridgehead atoms. The summed E-state index contributed by atoms with van der Waals surface area (Å²) in [4.78, 5) is 21.0. The zero-order valence-corrected chi connectivity index (χ0v) is 14.6. The lowest BCUT2D eigenvalue weighted by atomic mass is 10.1. The molecular weight excluding hydrogens is 352 g/mol. The van der Waals surface area contributed by atoms with Crippen molar-refractivity contribution in [2.24, 2.45) is 0 Å². The van der Waals surface area contributed by atoms with Crippen LogP contribution in [0.15, 0.2) is 47.1 Å². The van der Waals surface area contributed by atoms with Crippen LogP contribution in [0.1, 0.15) is 15.9 Å². The average Bonchev–Trinajstić information content (AvgIpc) is 3.07. The third-order valence-electron chi connectivity index (χ3n) is 4.53. The van der Waals surface area contributed by atoms with Crippen molar-refractivity contribution in [2.45, 2.75) is 0 Å². The Morgan fingerprint density at radius 2 is 2.00 bits per heavy atom. The van der Waals surface area contributed by atoms with E-state index in [1.165, 1.54) is 6.20 Å². The number of rotatable bonds is 2. The monoisotopic (exact) mass is 366 g/mol. The molecular formula is C19H15ClN4O2. The van der Waals surface area contributed by atoms with E-state index in [4.69, 9.17) is 21.3 Å². The van der Waals surface area contributed by atoms with Gasteiger partial charge in [-0.1, -0.05) is 6.07 Å². The Labute approximate surface area is 155 Å². The van der Waals surface area contributed by atoms with Gasteiger partial charge in [0.1, 0.15) is 5.56 Å². The second-order valence-electron chi connectivity index (χ2n) is 6.10. The smallest absolute Gasteiger partial charge is 0.259 e. The van der Waals surface area contributed by atoms with Gasteiger partial charge in [-0.25, -0.2) is 0 Å². The lowest BCUT2D eigenvalue weighted by Crippen LogP contribution is -2.48. The maximum Gasteiger partial charge on any atom is 0.259 e.